The first kappa shape index (κ1) is 19.2. The molecule has 9 nitrogen and oxygen atoms in total. The van der Waals surface area contributed by atoms with Gasteiger partial charge in [-0.05, 0) is 12.1 Å². The number of hydrogen-bond acceptors (Lipinski definition) is 5. The first-order valence-electron chi connectivity index (χ1n) is 8.33. The number of aromatic amines is 2. The molecular weight excluding hydrogens is 372 g/mol. The van der Waals surface area contributed by atoms with Crippen LogP contribution < -0.4 is 28.3 Å². The third kappa shape index (κ3) is 3.50. The number of nitrogens with one attached hydrogen (secondary N) is 2. The highest BCUT2D eigenvalue weighted by Gasteiger charge is 2.14. The van der Waals surface area contributed by atoms with Gasteiger partial charge in [-0.25, -0.2) is 4.85 Å². The smallest absolute Gasteiger partial charge is 0.273 e. The Bertz CT molecular complexity index is 1410. The van der Waals surface area contributed by atoms with E-state index >= 15 is 0 Å². The molecule has 29 heavy (non-hydrogen) atoms. The maximum Gasteiger partial charge on any atom is 0.273 e. The monoisotopic (exact) mass is 388 g/mol. The van der Waals surface area contributed by atoms with Gasteiger partial charge in [0.1, 0.15) is 5.56 Å². The Hall–Kier alpha value is -4.58. The van der Waals surface area contributed by atoms with Crippen molar-refractivity contribution in [1.82, 2.24) is 9.97 Å². The van der Waals surface area contributed by atoms with Crippen molar-refractivity contribution < 1.29 is 4.79 Å². The number of nitrogen functional groups attached to an aromatic ring is 2. The highest BCUT2D eigenvalue weighted by Crippen LogP contribution is 2.25. The molecular formula is C20H16N6O3. The molecule has 2 aromatic heterocycles. The number of primary amides is 1. The molecule has 0 atom stereocenters. The normalized spacial score (nSPS) is 10.2. The molecule has 0 aliphatic rings. The van der Waals surface area contributed by atoms with E-state index in [4.69, 9.17) is 23.8 Å². The molecule has 0 bridgehead atoms. The van der Waals surface area contributed by atoms with E-state index in [1.54, 1.807) is 42.5 Å². The molecule has 0 aliphatic carbocycles. The molecule has 0 saturated carbocycles. The first-order valence-corrected chi connectivity index (χ1v) is 8.33. The van der Waals surface area contributed by atoms with Crippen molar-refractivity contribution in [3.63, 3.8) is 0 Å². The number of rotatable bonds is 1. The predicted octanol–water partition coefficient (Wildman–Crippen LogP) is 1.87. The number of fused-ring (bicyclic) bond motifs is 2. The third-order valence-corrected chi connectivity index (χ3v) is 4.26. The van der Waals surface area contributed by atoms with Gasteiger partial charge in [0.25, 0.3) is 22.7 Å². The fraction of sp³-hybridized carbons (Fsp3) is 0. The van der Waals surface area contributed by atoms with Crippen LogP contribution in [0.3, 0.4) is 0 Å². The van der Waals surface area contributed by atoms with E-state index in [0.717, 1.165) is 0 Å². The SMILES string of the molecule is NC(=O)c1c(N)c2ccccc2[nH]c1=O.[C-]#[N+]c1c(N)c2ccccc2[nH]c1=O. The van der Waals surface area contributed by atoms with Crippen LogP contribution in [0.1, 0.15) is 10.4 Å². The van der Waals surface area contributed by atoms with Crippen LogP contribution in [0.25, 0.3) is 26.7 Å². The number of benzene rings is 2. The number of anilines is 2. The zero-order valence-corrected chi connectivity index (χ0v) is 15.0. The van der Waals surface area contributed by atoms with Crippen molar-refractivity contribution in [2.24, 2.45) is 5.73 Å². The summed E-state index contributed by atoms with van der Waals surface area (Å²) >= 11 is 0. The van der Waals surface area contributed by atoms with E-state index in [1.807, 2.05) is 6.07 Å². The lowest BCUT2D eigenvalue weighted by Crippen LogP contribution is -2.25. The highest BCUT2D eigenvalue weighted by molar-refractivity contribution is 6.05. The molecule has 8 N–H and O–H groups in total. The Labute approximate surface area is 163 Å². The van der Waals surface area contributed by atoms with E-state index in [2.05, 4.69) is 14.8 Å². The van der Waals surface area contributed by atoms with Crippen LogP contribution in [-0.4, -0.2) is 15.9 Å². The maximum atomic E-state index is 11.5. The summed E-state index contributed by atoms with van der Waals surface area (Å²) in [6, 6.07) is 14.1. The van der Waals surface area contributed by atoms with Gasteiger partial charge in [0.15, 0.2) is 0 Å². The van der Waals surface area contributed by atoms with E-state index in [1.165, 1.54) is 0 Å². The fourth-order valence-corrected chi connectivity index (χ4v) is 2.88. The molecule has 4 aromatic rings. The second kappa shape index (κ2) is 7.58. The summed E-state index contributed by atoms with van der Waals surface area (Å²) in [5.41, 5.74) is 16.9. The Morgan fingerprint density at radius 1 is 0.828 bits per heavy atom. The van der Waals surface area contributed by atoms with Gasteiger partial charge >= 0.3 is 0 Å². The molecule has 0 spiro atoms. The molecule has 0 fully saturated rings. The average molecular weight is 388 g/mol. The minimum absolute atomic E-state index is 0.0382. The lowest BCUT2D eigenvalue weighted by molar-refractivity contribution is 0.1000. The number of aromatic nitrogens is 2. The van der Waals surface area contributed by atoms with E-state index < -0.39 is 17.0 Å². The second-order valence-corrected chi connectivity index (χ2v) is 6.03. The number of pyridine rings is 2. The summed E-state index contributed by atoms with van der Waals surface area (Å²) in [6.07, 6.45) is 0. The van der Waals surface area contributed by atoms with E-state index in [9.17, 15) is 14.4 Å². The number of nitrogens with two attached hydrogens (primary N) is 3. The van der Waals surface area contributed by atoms with Gasteiger partial charge in [0.2, 0.25) is 0 Å². The Kier molecular flexibility index (Phi) is 5.01. The lowest BCUT2D eigenvalue weighted by Gasteiger charge is -2.04. The van der Waals surface area contributed by atoms with Crippen molar-refractivity contribution in [1.29, 1.82) is 0 Å². The number of hydrogen-bond donors (Lipinski definition) is 5. The van der Waals surface area contributed by atoms with Gasteiger partial charge in [-0.1, -0.05) is 36.4 Å². The van der Waals surface area contributed by atoms with Gasteiger partial charge < -0.3 is 27.2 Å². The zero-order valence-electron chi connectivity index (χ0n) is 15.0. The van der Waals surface area contributed by atoms with E-state index in [-0.39, 0.29) is 22.6 Å². The van der Waals surface area contributed by atoms with Crippen molar-refractivity contribution in [3.8, 4) is 0 Å². The summed E-state index contributed by atoms with van der Waals surface area (Å²) in [4.78, 5) is 42.0. The Morgan fingerprint density at radius 2 is 1.31 bits per heavy atom. The largest absolute Gasteiger partial charge is 0.407 e. The van der Waals surface area contributed by atoms with Crippen LogP contribution >= 0.6 is 0 Å². The van der Waals surface area contributed by atoms with Crippen molar-refractivity contribution in [2.75, 3.05) is 11.5 Å². The second-order valence-electron chi connectivity index (χ2n) is 6.03. The first-order chi connectivity index (χ1) is 13.8. The van der Waals surface area contributed by atoms with E-state index in [0.29, 0.717) is 21.8 Å². The summed E-state index contributed by atoms with van der Waals surface area (Å²) in [5.74, 6) is -0.820. The Balaban J connectivity index is 0.000000166. The van der Waals surface area contributed by atoms with Gasteiger partial charge in [-0.2, -0.15) is 0 Å². The quantitative estimate of drug-likeness (QED) is 0.314. The molecule has 9 heteroatoms. The molecule has 2 aromatic carbocycles. The zero-order chi connectivity index (χ0) is 21.1. The lowest BCUT2D eigenvalue weighted by atomic mass is 10.1. The number of amides is 1. The standard InChI is InChI=1S/C10H9N3O2.C10H7N3O/c11-8-5-3-1-2-4-6(5)13-10(15)7(8)9(12)14;1-12-9-8(11)6-4-2-3-5-7(6)13-10(9)14/h1-4H,(H2,12,14)(H3,11,13,15);2-5H,(H3,11,13,14). The van der Waals surface area contributed by atoms with Gasteiger partial charge in [-0.3, -0.25) is 14.4 Å². The molecule has 0 unspecified atom stereocenters. The van der Waals surface area contributed by atoms with Crippen molar-refractivity contribution in [3.05, 3.63) is 86.2 Å². The molecule has 144 valence electrons. The number of para-hydroxylation sites is 2. The number of carbonyl (C=O) groups excluding carboxylic acids is 1. The van der Waals surface area contributed by atoms with Gasteiger partial charge in [0, 0.05) is 16.3 Å². The van der Waals surface area contributed by atoms with Gasteiger partial charge in [-0.15, -0.1) is 0 Å². The average Bonchev–Trinajstić information content (AvgIpc) is 2.68. The summed E-state index contributed by atoms with van der Waals surface area (Å²) in [5, 5.41) is 1.32. The summed E-state index contributed by atoms with van der Waals surface area (Å²) in [7, 11) is 0. The number of H-pyrrole nitrogens is 2. The molecule has 0 saturated heterocycles. The minimum Gasteiger partial charge on any atom is -0.407 e. The van der Waals surface area contributed by atoms with Crippen LogP contribution in [0, 0.1) is 6.57 Å². The van der Waals surface area contributed by atoms with Crippen molar-refractivity contribution in [2.45, 2.75) is 0 Å². The topological polar surface area (TPSA) is 165 Å². The molecule has 4 rings (SSSR count). The van der Waals surface area contributed by atoms with Crippen LogP contribution in [0.15, 0.2) is 58.1 Å². The van der Waals surface area contributed by atoms with Crippen LogP contribution in [0.2, 0.25) is 0 Å². The van der Waals surface area contributed by atoms with Crippen LogP contribution in [0.5, 0.6) is 0 Å². The number of carbonyl (C=O) groups is 1. The molecule has 0 radical (unpaired) electrons. The van der Waals surface area contributed by atoms with Gasteiger partial charge in [0.05, 0.1) is 23.5 Å². The number of nitrogens with zero attached hydrogens (tertiary/aromatic N) is 1. The highest BCUT2D eigenvalue weighted by atomic mass is 16.2. The molecule has 2 heterocycles. The molecule has 1 amide bonds. The third-order valence-electron chi connectivity index (χ3n) is 4.26. The fourth-order valence-electron chi connectivity index (χ4n) is 2.88. The minimum atomic E-state index is -0.820. The molecule has 0 aliphatic heterocycles. The maximum absolute atomic E-state index is 11.5. The summed E-state index contributed by atoms with van der Waals surface area (Å²) < 4.78 is 0. The summed E-state index contributed by atoms with van der Waals surface area (Å²) in [6.45, 7) is 6.83. The van der Waals surface area contributed by atoms with Crippen molar-refractivity contribution >= 4 is 44.8 Å². The van der Waals surface area contributed by atoms with Crippen LogP contribution in [-0.2, 0) is 0 Å². The van der Waals surface area contributed by atoms with Crippen LogP contribution in [0.4, 0.5) is 17.1 Å². The predicted molar refractivity (Wildman–Crippen MR) is 113 cm³/mol. The Morgan fingerprint density at radius 3 is 1.83 bits per heavy atom.